The van der Waals surface area contributed by atoms with Crippen LogP contribution in [0.1, 0.15) is 76.3 Å². The van der Waals surface area contributed by atoms with Gasteiger partial charge in [-0.1, -0.05) is 94.3 Å². The monoisotopic (exact) mass is 422 g/mol. The van der Waals surface area contributed by atoms with Gasteiger partial charge in [-0.05, 0) is 30.0 Å². The lowest BCUT2D eigenvalue weighted by Gasteiger charge is -2.14. The molecule has 0 saturated carbocycles. The number of rotatable bonds is 13. The van der Waals surface area contributed by atoms with Gasteiger partial charge in [0.05, 0.1) is 4.92 Å². The normalized spacial score (nSPS) is 12.4. The third-order valence-corrected chi connectivity index (χ3v) is 5.36. The van der Waals surface area contributed by atoms with E-state index in [0.29, 0.717) is 11.1 Å². The Morgan fingerprint density at radius 2 is 1.61 bits per heavy atom. The maximum atomic E-state index is 12.7. The van der Waals surface area contributed by atoms with Gasteiger partial charge in [0.15, 0.2) is 0 Å². The zero-order chi connectivity index (χ0) is 22.5. The second-order valence-corrected chi connectivity index (χ2v) is 8.05. The molecule has 1 unspecified atom stereocenters. The van der Waals surface area contributed by atoms with Crippen LogP contribution in [0.3, 0.4) is 0 Å². The van der Waals surface area contributed by atoms with E-state index < -0.39 is 4.92 Å². The number of benzene rings is 2. The highest BCUT2D eigenvalue weighted by atomic mass is 16.6. The molecular formula is C26H34N2O3. The molecule has 166 valence electrons. The molecule has 1 amide bonds. The lowest BCUT2D eigenvalue weighted by Crippen LogP contribution is -2.31. The van der Waals surface area contributed by atoms with Crippen molar-refractivity contribution in [2.75, 3.05) is 0 Å². The first-order chi connectivity index (χ1) is 15.0. The van der Waals surface area contributed by atoms with Crippen LogP contribution in [0, 0.1) is 10.1 Å². The number of nitrogens with one attached hydrogen (secondary N) is 1. The topological polar surface area (TPSA) is 72.2 Å². The van der Waals surface area contributed by atoms with Crippen molar-refractivity contribution in [3.8, 4) is 0 Å². The smallest absolute Gasteiger partial charge is 0.270 e. The van der Waals surface area contributed by atoms with E-state index in [1.165, 1.54) is 50.7 Å². The van der Waals surface area contributed by atoms with Crippen LogP contribution in [0.4, 0.5) is 5.69 Å². The molecule has 31 heavy (non-hydrogen) atoms. The summed E-state index contributed by atoms with van der Waals surface area (Å²) >= 11 is 0. The summed E-state index contributed by atoms with van der Waals surface area (Å²) < 4.78 is 0. The van der Waals surface area contributed by atoms with E-state index in [1.54, 1.807) is 18.2 Å². The Morgan fingerprint density at radius 3 is 2.29 bits per heavy atom. The van der Waals surface area contributed by atoms with Gasteiger partial charge >= 0.3 is 0 Å². The zero-order valence-corrected chi connectivity index (χ0v) is 18.7. The highest BCUT2D eigenvalue weighted by Gasteiger charge is 2.13. The van der Waals surface area contributed by atoms with Gasteiger partial charge in [-0.25, -0.2) is 0 Å². The molecule has 0 spiro atoms. The van der Waals surface area contributed by atoms with Crippen molar-refractivity contribution in [1.29, 1.82) is 0 Å². The molecule has 0 aliphatic rings. The van der Waals surface area contributed by atoms with Crippen LogP contribution in [0.15, 0.2) is 60.7 Å². The first kappa shape index (κ1) is 24.3. The molecule has 1 N–H and O–H groups in total. The zero-order valence-electron chi connectivity index (χ0n) is 18.7. The van der Waals surface area contributed by atoms with Gasteiger partial charge in [0, 0.05) is 24.3 Å². The number of carbonyl (C=O) groups is 1. The van der Waals surface area contributed by atoms with Crippen molar-refractivity contribution in [3.63, 3.8) is 0 Å². The molecule has 0 heterocycles. The Labute approximate surface area is 185 Å². The molecule has 0 bridgehead atoms. The van der Waals surface area contributed by atoms with Gasteiger partial charge in [-0.2, -0.15) is 0 Å². The van der Waals surface area contributed by atoms with Crippen molar-refractivity contribution in [2.45, 2.75) is 71.3 Å². The van der Waals surface area contributed by atoms with Crippen molar-refractivity contribution in [2.24, 2.45) is 0 Å². The van der Waals surface area contributed by atoms with Gasteiger partial charge in [-0.15, -0.1) is 0 Å². The summed E-state index contributed by atoms with van der Waals surface area (Å²) in [4.78, 5) is 23.5. The van der Waals surface area contributed by atoms with Crippen LogP contribution >= 0.6 is 0 Å². The van der Waals surface area contributed by atoms with Crippen LogP contribution in [-0.4, -0.2) is 16.9 Å². The first-order valence-electron chi connectivity index (χ1n) is 11.3. The van der Waals surface area contributed by atoms with E-state index in [9.17, 15) is 14.9 Å². The molecule has 0 saturated heterocycles. The molecule has 2 aromatic carbocycles. The second kappa shape index (κ2) is 13.4. The highest BCUT2D eigenvalue weighted by Crippen LogP contribution is 2.26. The molecule has 1 atom stereocenters. The number of nitro groups is 1. The number of unbranched alkanes of at least 4 members (excludes halogenated alkanes) is 6. The minimum absolute atomic E-state index is 0.00652. The van der Waals surface area contributed by atoms with E-state index in [1.807, 2.05) is 37.3 Å². The maximum Gasteiger partial charge on any atom is 0.270 e. The largest absolute Gasteiger partial charge is 0.350 e. The fourth-order valence-electron chi connectivity index (χ4n) is 3.63. The van der Waals surface area contributed by atoms with Crippen LogP contribution in [0.25, 0.3) is 5.57 Å². The SMILES string of the molecule is CCCCCCCCCC(C)NC(=O)/C=C(/c1ccccc1)c1cccc([N+](=O)[O-])c1. The van der Waals surface area contributed by atoms with Crippen molar-refractivity contribution in [3.05, 3.63) is 81.9 Å². The Hall–Kier alpha value is -2.95. The standard InChI is InChI=1S/C26H34N2O3/c1-3-4-5-6-7-8-10-14-21(2)27-26(29)20-25(22-15-11-9-12-16-22)23-17-13-18-24(19-23)28(30)31/h9,11-13,15-21H,3-8,10,14H2,1-2H3,(H,27,29)/b25-20-. The molecule has 0 aliphatic heterocycles. The molecule has 0 fully saturated rings. The fourth-order valence-corrected chi connectivity index (χ4v) is 3.63. The summed E-state index contributed by atoms with van der Waals surface area (Å²) in [5.41, 5.74) is 2.17. The molecular weight excluding hydrogens is 388 g/mol. The minimum atomic E-state index is -0.420. The Bertz CT molecular complexity index is 862. The third-order valence-electron chi connectivity index (χ3n) is 5.36. The molecule has 2 rings (SSSR count). The highest BCUT2D eigenvalue weighted by molar-refractivity contribution is 5.99. The number of hydrogen-bond donors (Lipinski definition) is 1. The van der Waals surface area contributed by atoms with E-state index in [2.05, 4.69) is 12.2 Å². The van der Waals surface area contributed by atoms with Crippen LogP contribution in [0.5, 0.6) is 0 Å². The Balaban J connectivity index is 2.02. The van der Waals surface area contributed by atoms with Crippen molar-refractivity contribution >= 4 is 17.2 Å². The van der Waals surface area contributed by atoms with Gasteiger partial charge in [0.25, 0.3) is 5.69 Å². The summed E-state index contributed by atoms with van der Waals surface area (Å²) in [6.07, 6.45) is 11.2. The van der Waals surface area contributed by atoms with Gasteiger partial charge in [-0.3, -0.25) is 14.9 Å². The summed E-state index contributed by atoms with van der Waals surface area (Å²) in [5.74, 6) is -0.180. The quantitative estimate of drug-likeness (QED) is 0.169. The predicted molar refractivity (Wildman–Crippen MR) is 127 cm³/mol. The van der Waals surface area contributed by atoms with E-state index in [4.69, 9.17) is 0 Å². The Morgan fingerprint density at radius 1 is 0.968 bits per heavy atom. The molecule has 2 aromatic rings. The summed E-state index contributed by atoms with van der Waals surface area (Å²) in [5, 5.41) is 14.2. The van der Waals surface area contributed by atoms with Crippen molar-refractivity contribution in [1.82, 2.24) is 5.32 Å². The first-order valence-corrected chi connectivity index (χ1v) is 11.3. The average Bonchev–Trinajstić information content (AvgIpc) is 2.77. The van der Waals surface area contributed by atoms with Crippen LogP contribution in [-0.2, 0) is 4.79 Å². The predicted octanol–water partition coefficient (Wildman–Crippen LogP) is 6.67. The number of nitrogens with zero attached hydrogens (tertiary/aromatic N) is 1. The molecule has 0 aromatic heterocycles. The number of non-ortho nitro benzene ring substituents is 1. The van der Waals surface area contributed by atoms with Gasteiger partial charge < -0.3 is 5.32 Å². The summed E-state index contributed by atoms with van der Waals surface area (Å²) in [7, 11) is 0. The van der Waals surface area contributed by atoms with Crippen LogP contribution in [0.2, 0.25) is 0 Å². The summed E-state index contributed by atoms with van der Waals surface area (Å²) in [6, 6.07) is 16.0. The van der Waals surface area contributed by atoms with Crippen molar-refractivity contribution < 1.29 is 9.72 Å². The van der Waals surface area contributed by atoms with Gasteiger partial charge in [0.1, 0.15) is 0 Å². The van der Waals surface area contributed by atoms with Gasteiger partial charge in [0.2, 0.25) is 5.91 Å². The number of hydrogen-bond acceptors (Lipinski definition) is 3. The van der Waals surface area contributed by atoms with E-state index in [0.717, 1.165) is 18.4 Å². The minimum Gasteiger partial charge on any atom is -0.350 e. The second-order valence-electron chi connectivity index (χ2n) is 8.05. The molecule has 0 radical (unpaired) electrons. The van der Waals surface area contributed by atoms with E-state index >= 15 is 0 Å². The summed E-state index contributed by atoms with van der Waals surface area (Å²) in [6.45, 7) is 4.25. The molecule has 0 aliphatic carbocycles. The number of carbonyl (C=O) groups excluding carboxylic acids is 1. The maximum absolute atomic E-state index is 12.7. The van der Waals surface area contributed by atoms with E-state index in [-0.39, 0.29) is 17.6 Å². The number of nitro benzene ring substituents is 1. The molecule has 5 heteroatoms. The molecule has 5 nitrogen and oxygen atoms in total. The lowest BCUT2D eigenvalue weighted by molar-refractivity contribution is -0.384. The third kappa shape index (κ3) is 8.75. The lowest BCUT2D eigenvalue weighted by atomic mass is 9.97. The Kier molecular flexibility index (Phi) is 10.5. The average molecular weight is 423 g/mol. The van der Waals surface area contributed by atoms with Crippen LogP contribution < -0.4 is 5.32 Å². The fraction of sp³-hybridized carbons (Fsp3) is 0.423. The number of amides is 1.